The maximum Gasteiger partial charge on any atom is 0.234 e. The minimum atomic E-state index is -0.0932. The molecule has 16 heavy (non-hydrogen) atoms. The van der Waals surface area contributed by atoms with Crippen LogP contribution in [0.25, 0.3) is 0 Å². The van der Waals surface area contributed by atoms with Crippen molar-refractivity contribution in [1.29, 1.82) is 0 Å². The van der Waals surface area contributed by atoms with Gasteiger partial charge >= 0.3 is 0 Å². The molecule has 1 atom stereocenters. The number of nitrogens with two attached hydrogens (primary N) is 1. The van der Waals surface area contributed by atoms with Gasteiger partial charge in [-0.1, -0.05) is 6.92 Å². The highest BCUT2D eigenvalue weighted by molar-refractivity contribution is 5.78. The third-order valence-corrected chi connectivity index (χ3v) is 3.43. The fourth-order valence-electron chi connectivity index (χ4n) is 1.96. The predicted molar refractivity (Wildman–Crippen MR) is 66.1 cm³/mol. The number of hydrogen-bond donors (Lipinski definition) is 2. The van der Waals surface area contributed by atoms with Crippen LogP contribution in [0, 0.1) is 5.92 Å². The number of nitrogens with one attached hydrogen (secondary N) is 1. The fraction of sp³-hybridized carbons (Fsp3) is 0.917. The van der Waals surface area contributed by atoms with Gasteiger partial charge in [0.15, 0.2) is 0 Å². The molecule has 0 aliphatic carbocycles. The van der Waals surface area contributed by atoms with Gasteiger partial charge in [0.1, 0.15) is 0 Å². The SMILES string of the molecule is CCC(C)(C)NC(=O)CN1CCC(CN)C1. The molecule has 1 amide bonds. The van der Waals surface area contributed by atoms with Gasteiger partial charge in [-0.2, -0.15) is 0 Å². The Bertz CT molecular complexity index is 240. The van der Waals surface area contributed by atoms with Crippen molar-refractivity contribution >= 4 is 5.91 Å². The molecule has 1 fully saturated rings. The van der Waals surface area contributed by atoms with Crippen molar-refractivity contribution in [2.45, 2.75) is 39.2 Å². The summed E-state index contributed by atoms with van der Waals surface area (Å²) in [5.74, 6) is 0.705. The molecule has 0 aromatic heterocycles. The number of hydrogen-bond acceptors (Lipinski definition) is 3. The minimum absolute atomic E-state index is 0.0932. The summed E-state index contributed by atoms with van der Waals surface area (Å²) >= 11 is 0. The third kappa shape index (κ3) is 4.10. The van der Waals surface area contributed by atoms with E-state index in [0.717, 1.165) is 32.5 Å². The molecule has 4 nitrogen and oxygen atoms in total. The lowest BCUT2D eigenvalue weighted by Gasteiger charge is -2.26. The third-order valence-electron chi connectivity index (χ3n) is 3.43. The molecule has 0 aromatic rings. The van der Waals surface area contributed by atoms with E-state index in [2.05, 4.69) is 31.0 Å². The van der Waals surface area contributed by atoms with E-state index < -0.39 is 0 Å². The van der Waals surface area contributed by atoms with Crippen LogP contribution >= 0.6 is 0 Å². The second-order valence-electron chi connectivity index (χ2n) is 5.41. The van der Waals surface area contributed by atoms with Crippen molar-refractivity contribution < 1.29 is 4.79 Å². The first-order valence-electron chi connectivity index (χ1n) is 6.20. The van der Waals surface area contributed by atoms with E-state index in [-0.39, 0.29) is 11.4 Å². The smallest absolute Gasteiger partial charge is 0.234 e. The highest BCUT2D eigenvalue weighted by atomic mass is 16.2. The molecule has 0 spiro atoms. The summed E-state index contributed by atoms with van der Waals surface area (Å²) in [7, 11) is 0. The molecule has 1 saturated heterocycles. The van der Waals surface area contributed by atoms with Gasteiger partial charge in [0, 0.05) is 12.1 Å². The number of rotatable bonds is 5. The Morgan fingerprint density at radius 3 is 2.75 bits per heavy atom. The van der Waals surface area contributed by atoms with Crippen molar-refractivity contribution in [1.82, 2.24) is 10.2 Å². The molecule has 0 bridgehead atoms. The van der Waals surface area contributed by atoms with Gasteiger partial charge in [-0.3, -0.25) is 9.69 Å². The first kappa shape index (κ1) is 13.5. The second kappa shape index (κ2) is 5.64. The summed E-state index contributed by atoms with van der Waals surface area (Å²) in [6.45, 7) is 9.41. The number of carbonyl (C=O) groups is 1. The highest BCUT2D eigenvalue weighted by Crippen LogP contribution is 2.14. The fourth-order valence-corrected chi connectivity index (χ4v) is 1.96. The number of amides is 1. The van der Waals surface area contributed by atoms with Crippen LogP contribution in [-0.2, 0) is 4.79 Å². The van der Waals surface area contributed by atoms with E-state index in [1.165, 1.54) is 0 Å². The molecule has 0 saturated carbocycles. The lowest BCUT2D eigenvalue weighted by Crippen LogP contribution is -2.47. The summed E-state index contributed by atoms with van der Waals surface area (Å²) in [5, 5.41) is 3.05. The van der Waals surface area contributed by atoms with Crippen LogP contribution in [0.1, 0.15) is 33.6 Å². The van der Waals surface area contributed by atoms with Crippen molar-refractivity contribution in [3.05, 3.63) is 0 Å². The van der Waals surface area contributed by atoms with Crippen LogP contribution in [0.3, 0.4) is 0 Å². The summed E-state index contributed by atoms with van der Waals surface area (Å²) in [6, 6.07) is 0. The van der Waals surface area contributed by atoms with Crippen LogP contribution in [0.2, 0.25) is 0 Å². The first-order chi connectivity index (χ1) is 7.46. The normalized spacial score (nSPS) is 22.4. The topological polar surface area (TPSA) is 58.4 Å². The molecule has 4 heteroatoms. The van der Waals surface area contributed by atoms with Gasteiger partial charge in [-0.25, -0.2) is 0 Å². The van der Waals surface area contributed by atoms with E-state index in [1.807, 2.05) is 0 Å². The number of carbonyl (C=O) groups excluding carboxylic acids is 1. The zero-order valence-corrected chi connectivity index (χ0v) is 10.8. The summed E-state index contributed by atoms with van der Waals surface area (Å²) in [6.07, 6.45) is 2.07. The molecule has 3 N–H and O–H groups in total. The second-order valence-corrected chi connectivity index (χ2v) is 5.41. The molecule has 1 rings (SSSR count). The molecular formula is C12H25N3O. The quantitative estimate of drug-likeness (QED) is 0.722. The average Bonchev–Trinajstić information content (AvgIpc) is 2.64. The Hall–Kier alpha value is -0.610. The van der Waals surface area contributed by atoms with Crippen molar-refractivity contribution in [2.75, 3.05) is 26.2 Å². The summed E-state index contributed by atoms with van der Waals surface area (Å²) in [4.78, 5) is 14.0. The molecular weight excluding hydrogens is 202 g/mol. The van der Waals surface area contributed by atoms with E-state index in [4.69, 9.17) is 5.73 Å². The van der Waals surface area contributed by atoms with Crippen LogP contribution in [0.4, 0.5) is 0 Å². The van der Waals surface area contributed by atoms with Crippen LogP contribution < -0.4 is 11.1 Å². The maximum absolute atomic E-state index is 11.8. The van der Waals surface area contributed by atoms with E-state index in [9.17, 15) is 4.79 Å². The van der Waals surface area contributed by atoms with Gasteiger partial charge in [0.25, 0.3) is 0 Å². The summed E-state index contributed by atoms with van der Waals surface area (Å²) < 4.78 is 0. The van der Waals surface area contributed by atoms with Gasteiger partial charge < -0.3 is 11.1 Å². The van der Waals surface area contributed by atoms with Gasteiger partial charge in [-0.05, 0) is 45.7 Å². The Labute approximate surface area is 98.6 Å². The van der Waals surface area contributed by atoms with E-state index >= 15 is 0 Å². The van der Waals surface area contributed by atoms with E-state index in [1.54, 1.807) is 0 Å². The largest absolute Gasteiger partial charge is 0.350 e. The molecule has 0 aromatic carbocycles. The molecule has 94 valence electrons. The van der Waals surface area contributed by atoms with Crippen LogP contribution in [-0.4, -0.2) is 42.5 Å². The zero-order chi connectivity index (χ0) is 12.2. The molecule has 0 radical (unpaired) electrons. The first-order valence-corrected chi connectivity index (χ1v) is 6.20. The number of nitrogens with zero attached hydrogens (tertiary/aromatic N) is 1. The Morgan fingerprint density at radius 2 is 2.25 bits per heavy atom. The van der Waals surface area contributed by atoms with Gasteiger partial charge in [0.2, 0.25) is 5.91 Å². The van der Waals surface area contributed by atoms with Crippen LogP contribution in [0.5, 0.6) is 0 Å². The van der Waals surface area contributed by atoms with Crippen LogP contribution in [0.15, 0.2) is 0 Å². The summed E-state index contributed by atoms with van der Waals surface area (Å²) in [5.41, 5.74) is 5.53. The average molecular weight is 227 g/mol. The minimum Gasteiger partial charge on any atom is -0.350 e. The molecule has 1 unspecified atom stereocenters. The number of likely N-dealkylation sites (tertiary alicyclic amines) is 1. The van der Waals surface area contributed by atoms with Gasteiger partial charge in [0.05, 0.1) is 6.54 Å². The lowest BCUT2D eigenvalue weighted by atomic mass is 10.0. The molecule has 1 aliphatic heterocycles. The maximum atomic E-state index is 11.8. The highest BCUT2D eigenvalue weighted by Gasteiger charge is 2.24. The molecule has 1 heterocycles. The van der Waals surface area contributed by atoms with E-state index in [0.29, 0.717) is 12.5 Å². The predicted octanol–water partition coefficient (Wildman–Crippen LogP) is 0.572. The standard InChI is InChI=1S/C12H25N3O/c1-4-12(2,3)14-11(16)9-15-6-5-10(7-13)8-15/h10H,4-9,13H2,1-3H3,(H,14,16). The van der Waals surface area contributed by atoms with Crippen molar-refractivity contribution in [3.63, 3.8) is 0 Å². The Morgan fingerprint density at radius 1 is 1.56 bits per heavy atom. The lowest BCUT2D eigenvalue weighted by molar-refractivity contribution is -0.123. The Balaban J connectivity index is 2.30. The van der Waals surface area contributed by atoms with Crippen molar-refractivity contribution in [2.24, 2.45) is 11.7 Å². The molecule has 1 aliphatic rings. The zero-order valence-electron chi connectivity index (χ0n) is 10.8. The van der Waals surface area contributed by atoms with Gasteiger partial charge in [-0.15, -0.1) is 0 Å². The Kier molecular flexibility index (Phi) is 4.74. The van der Waals surface area contributed by atoms with Crippen molar-refractivity contribution in [3.8, 4) is 0 Å². The monoisotopic (exact) mass is 227 g/mol.